The number of amides is 2. The van der Waals surface area contributed by atoms with Crippen molar-refractivity contribution >= 4 is 23.4 Å². The highest BCUT2D eigenvalue weighted by Gasteiger charge is 2.34. The van der Waals surface area contributed by atoms with Gasteiger partial charge in [-0.15, -0.1) is 0 Å². The number of nitrogens with zero attached hydrogens (tertiary/aromatic N) is 3. The van der Waals surface area contributed by atoms with E-state index in [9.17, 15) is 9.59 Å². The summed E-state index contributed by atoms with van der Waals surface area (Å²) in [6.45, 7) is 5.57. The van der Waals surface area contributed by atoms with Crippen LogP contribution in [0.5, 0.6) is 0 Å². The highest BCUT2D eigenvalue weighted by Crippen LogP contribution is 2.33. The number of aromatic nitrogens is 1. The summed E-state index contributed by atoms with van der Waals surface area (Å²) in [6, 6.07) is 20.2. The zero-order valence-electron chi connectivity index (χ0n) is 18.9. The smallest absolute Gasteiger partial charge is 0.411 e. The largest absolute Gasteiger partial charge is 0.447 e. The van der Waals surface area contributed by atoms with Crippen LogP contribution < -0.4 is 5.32 Å². The van der Waals surface area contributed by atoms with Crippen molar-refractivity contribution in [1.29, 1.82) is 0 Å². The molecule has 2 heterocycles. The third kappa shape index (κ3) is 5.26. The molecular formula is C26H26N4O3. The molecule has 1 N–H and O–H groups in total. The molecule has 0 radical (unpaired) electrons. The van der Waals surface area contributed by atoms with Crippen molar-refractivity contribution in [2.75, 3.05) is 5.32 Å². The summed E-state index contributed by atoms with van der Waals surface area (Å²) in [5, 5.41) is 8.92. The highest BCUT2D eigenvalue weighted by atomic mass is 16.6. The van der Waals surface area contributed by atoms with Gasteiger partial charge in [0.05, 0.1) is 17.5 Å². The third-order valence-corrected chi connectivity index (χ3v) is 5.25. The van der Waals surface area contributed by atoms with Gasteiger partial charge in [-0.25, -0.2) is 9.80 Å². The maximum absolute atomic E-state index is 13.3. The van der Waals surface area contributed by atoms with Crippen molar-refractivity contribution in [3.63, 3.8) is 0 Å². The lowest BCUT2D eigenvalue weighted by molar-refractivity contribution is 0.0708. The predicted octanol–water partition coefficient (Wildman–Crippen LogP) is 5.34. The maximum atomic E-state index is 13.3. The zero-order chi connectivity index (χ0) is 23.4. The predicted molar refractivity (Wildman–Crippen MR) is 127 cm³/mol. The van der Waals surface area contributed by atoms with Crippen LogP contribution in [0, 0.1) is 6.92 Å². The van der Waals surface area contributed by atoms with Gasteiger partial charge in [0.2, 0.25) is 0 Å². The minimum atomic E-state index is -0.499. The minimum Gasteiger partial charge on any atom is -0.447 e. The molecule has 1 unspecified atom stereocenters. The Morgan fingerprint density at radius 1 is 1.03 bits per heavy atom. The van der Waals surface area contributed by atoms with E-state index in [4.69, 9.17) is 9.84 Å². The van der Waals surface area contributed by atoms with Crippen LogP contribution >= 0.6 is 0 Å². The van der Waals surface area contributed by atoms with E-state index >= 15 is 0 Å². The summed E-state index contributed by atoms with van der Waals surface area (Å²) in [6.07, 6.45) is 1.56. The van der Waals surface area contributed by atoms with Crippen LogP contribution in [0.2, 0.25) is 0 Å². The average Bonchev–Trinajstić information content (AvgIpc) is 3.25. The van der Waals surface area contributed by atoms with Gasteiger partial charge in [-0.1, -0.05) is 35.9 Å². The number of rotatable bonds is 5. The van der Waals surface area contributed by atoms with Crippen molar-refractivity contribution in [3.05, 3.63) is 95.3 Å². The molecule has 0 fully saturated rings. The van der Waals surface area contributed by atoms with Crippen molar-refractivity contribution in [2.24, 2.45) is 5.10 Å². The van der Waals surface area contributed by atoms with Gasteiger partial charge >= 0.3 is 6.09 Å². The first-order valence-electron chi connectivity index (χ1n) is 10.9. The average molecular weight is 443 g/mol. The number of aryl methyl sites for hydroxylation is 1. The monoisotopic (exact) mass is 442 g/mol. The van der Waals surface area contributed by atoms with Crippen molar-refractivity contribution in [3.8, 4) is 0 Å². The highest BCUT2D eigenvalue weighted by molar-refractivity contribution is 6.05. The van der Waals surface area contributed by atoms with Gasteiger partial charge in [0.15, 0.2) is 0 Å². The van der Waals surface area contributed by atoms with Crippen molar-refractivity contribution in [2.45, 2.75) is 39.3 Å². The lowest BCUT2D eigenvalue weighted by atomic mass is 10.0. The zero-order valence-corrected chi connectivity index (χ0v) is 18.9. The van der Waals surface area contributed by atoms with Gasteiger partial charge in [-0.2, -0.15) is 5.10 Å². The molecule has 0 saturated heterocycles. The number of carbonyl (C=O) groups is 2. The molecule has 7 heteroatoms. The fraction of sp³-hybridized carbons (Fsp3) is 0.231. The van der Waals surface area contributed by atoms with E-state index < -0.39 is 6.09 Å². The van der Waals surface area contributed by atoms with E-state index in [2.05, 4.69) is 10.3 Å². The van der Waals surface area contributed by atoms with Crippen LogP contribution in [0.15, 0.2) is 78.0 Å². The van der Waals surface area contributed by atoms with E-state index in [0.29, 0.717) is 17.7 Å². The van der Waals surface area contributed by atoms with Crippen LogP contribution in [0.3, 0.4) is 0 Å². The Balaban J connectivity index is 1.59. The Morgan fingerprint density at radius 3 is 2.39 bits per heavy atom. The van der Waals surface area contributed by atoms with Crippen molar-refractivity contribution in [1.82, 2.24) is 9.99 Å². The molecule has 0 spiro atoms. The molecule has 33 heavy (non-hydrogen) atoms. The van der Waals surface area contributed by atoms with Gasteiger partial charge in [0, 0.05) is 23.9 Å². The summed E-state index contributed by atoms with van der Waals surface area (Å²) >= 11 is 0. The van der Waals surface area contributed by atoms with E-state index in [0.717, 1.165) is 22.5 Å². The quantitative estimate of drug-likeness (QED) is 0.578. The number of nitrogens with one attached hydrogen (secondary N) is 1. The van der Waals surface area contributed by atoms with E-state index in [-0.39, 0.29) is 18.1 Å². The molecule has 168 valence electrons. The molecule has 0 saturated carbocycles. The molecule has 4 rings (SSSR count). The number of benzene rings is 2. The number of pyridine rings is 1. The van der Waals surface area contributed by atoms with Crippen LogP contribution in [0.4, 0.5) is 10.5 Å². The lowest BCUT2D eigenvalue weighted by Gasteiger charge is -2.21. The van der Waals surface area contributed by atoms with Crippen LogP contribution in [-0.2, 0) is 4.74 Å². The fourth-order valence-electron chi connectivity index (χ4n) is 3.61. The molecule has 1 aliphatic heterocycles. The first-order chi connectivity index (χ1) is 15.9. The number of carbonyl (C=O) groups excluding carboxylic acids is 2. The first kappa shape index (κ1) is 22.2. The lowest BCUT2D eigenvalue weighted by Crippen LogP contribution is -2.27. The summed E-state index contributed by atoms with van der Waals surface area (Å²) in [5.74, 6) is -0.171. The fourth-order valence-corrected chi connectivity index (χ4v) is 3.61. The van der Waals surface area contributed by atoms with E-state index in [1.165, 1.54) is 5.01 Å². The normalized spacial score (nSPS) is 15.3. The van der Waals surface area contributed by atoms with Gasteiger partial charge in [-0.3, -0.25) is 15.1 Å². The van der Waals surface area contributed by atoms with Crippen molar-refractivity contribution < 1.29 is 14.3 Å². The molecule has 2 aromatic carbocycles. The summed E-state index contributed by atoms with van der Waals surface area (Å²) in [4.78, 5) is 29.6. The Labute approximate surface area is 193 Å². The van der Waals surface area contributed by atoms with Gasteiger partial charge in [0.1, 0.15) is 6.04 Å². The van der Waals surface area contributed by atoms with Gasteiger partial charge in [0.25, 0.3) is 5.91 Å². The molecular weight excluding hydrogens is 416 g/mol. The molecule has 3 aromatic rings. The Bertz CT molecular complexity index is 1160. The third-order valence-electron chi connectivity index (χ3n) is 5.25. The molecule has 1 atom stereocenters. The number of anilines is 1. The number of hydrogen-bond donors (Lipinski definition) is 1. The second-order valence-electron chi connectivity index (χ2n) is 8.19. The Kier molecular flexibility index (Phi) is 6.49. The van der Waals surface area contributed by atoms with E-state index in [1.807, 2.05) is 61.5 Å². The molecule has 1 aromatic heterocycles. The standard InChI is InChI=1S/C26H26N4O3/c1-17(2)33-26(32)28-21-13-11-19(12-14-21)23-16-24(22-6-4-5-15-27-22)30(29-23)25(31)20-9-7-18(3)8-10-20/h4-15,17,24H,16H2,1-3H3,(H,28,32). The van der Waals surface area contributed by atoms with Gasteiger partial charge < -0.3 is 4.74 Å². The second kappa shape index (κ2) is 9.65. The molecule has 2 amide bonds. The van der Waals surface area contributed by atoms with E-state index in [1.54, 1.807) is 32.2 Å². The minimum absolute atomic E-state index is 0.171. The summed E-state index contributed by atoms with van der Waals surface area (Å²) in [5.41, 5.74) is 4.72. The summed E-state index contributed by atoms with van der Waals surface area (Å²) < 4.78 is 5.11. The second-order valence-corrected chi connectivity index (χ2v) is 8.19. The SMILES string of the molecule is Cc1ccc(C(=O)N2N=C(c3ccc(NC(=O)OC(C)C)cc3)CC2c2ccccn2)cc1. The van der Waals surface area contributed by atoms with Crippen LogP contribution in [0.1, 0.15) is 53.5 Å². The summed E-state index contributed by atoms with van der Waals surface area (Å²) in [7, 11) is 0. The van der Waals surface area contributed by atoms with Crippen LogP contribution in [0.25, 0.3) is 0 Å². The molecule has 0 bridgehead atoms. The van der Waals surface area contributed by atoms with Gasteiger partial charge in [-0.05, 0) is 62.7 Å². The Hall–Kier alpha value is -4.00. The first-order valence-corrected chi connectivity index (χ1v) is 10.9. The Morgan fingerprint density at radius 2 is 1.76 bits per heavy atom. The van der Waals surface area contributed by atoms with Crippen LogP contribution in [-0.4, -0.2) is 33.8 Å². The number of ether oxygens (including phenoxy) is 1. The maximum Gasteiger partial charge on any atom is 0.411 e. The number of hydrogen-bond acceptors (Lipinski definition) is 5. The molecule has 1 aliphatic rings. The topological polar surface area (TPSA) is 83.9 Å². The molecule has 0 aliphatic carbocycles. The number of hydrazone groups is 1. The molecule has 7 nitrogen and oxygen atoms in total.